The molecule has 3 heterocycles. The van der Waals surface area contributed by atoms with Gasteiger partial charge in [-0.05, 0) is 42.7 Å². The van der Waals surface area contributed by atoms with Gasteiger partial charge < -0.3 is 10.6 Å². The molecule has 2 N–H and O–H groups in total. The van der Waals surface area contributed by atoms with Crippen LogP contribution in [0.15, 0.2) is 42.6 Å². The zero-order valence-corrected chi connectivity index (χ0v) is 13.9. The lowest BCUT2D eigenvalue weighted by atomic mass is 10.1. The van der Waals surface area contributed by atoms with E-state index in [1.165, 1.54) is 25.0 Å². The minimum Gasteiger partial charge on any atom is -0.309 e. The molecule has 2 aliphatic heterocycles. The third-order valence-electron chi connectivity index (χ3n) is 4.86. The van der Waals surface area contributed by atoms with Crippen LogP contribution in [-0.4, -0.2) is 41.0 Å². The van der Waals surface area contributed by atoms with Gasteiger partial charge in [0.15, 0.2) is 0 Å². The van der Waals surface area contributed by atoms with Crippen molar-refractivity contribution in [2.24, 2.45) is 0 Å². The predicted molar refractivity (Wildman–Crippen MR) is 93.8 cm³/mol. The number of anilines is 1. The van der Waals surface area contributed by atoms with Gasteiger partial charge in [-0.25, -0.2) is 9.37 Å². The summed E-state index contributed by atoms with van der Waals surface area (Å²) in [5.74, 6) is -0.318. The van der Waals surface area contributed by atoms with E-state index >= 15 is 0 Å². The summed E-state index contributed by atoms with van der Waals surface area (Å²) in [5.41, 5.74) is 1.71. The summed E-state index contributed by atoms with van der Waals surface area (Å²) in [6, 6.07) is 11.6. The number of benzene rings is 1. The van der Waals surface area contributed by atoms with Gasteiger partial charge in [-0.2, -0.15) is 0 Å². The number of piperazine rings is 1. The molecule has 2 atom stereocenters. The van der Waals surface area contributed by atoms with E-state index in [2.05, 4.69) is 26.6 Å². The lowest BCUT2D eigenvalue weighted by Gasteiger charge is -2.32. The van der Waals surface area contributed by atoms with Gasteiger partial charge in [0.25, 0.3) is 5.91 Å². The smallest absolute Gasteiger partial charge is 0.256 e. The number of aromatic nitrogens is 1. The van der Waals surface area contributed by atoms with Gasteiger partial charge >= 0.3 is 0 Å². The lowest BCUT2D eigenvalue weighted by Crippen LogP contribution is -2.50. The zero-order valence-electron chi connectivity index (χ0n) is 13.9. The number of rotatable bonds is 4. The summed E-state index contributed by atoms with van der Waals surface area (Å²) in [7, 11) is 0. The number of nitrogens with one attached hydrogen (secondary N) is 2. The van der Waals surface area contributed by atoms with Gasteiger partial charge in [-0.3, -0.25) is 9.69 Å². The number of amides is 1. The Morgan fingerprint density at radius 2 is 2.04 bits per heavy atom. The van der Waals surface area contributed by atoms with Crippen LogP contribution in [-0.2, 0) is 6.54 Å². The van der Waals surface area contributed by atoms with E-state index in [4.69, 9.17) is 0 Å². The Morgan fingerprint density at radius 3 is 2.76 bits per heavy atom. The van der Waals surface area contributed by atoms with Crippen molar-refractivity contribution in [2.45, 2.75) is 31.5 Å². The molecule has 2 fully saturated rings. The van der Waals surface area contributed by atoms with E-state index < -0.39 is 5.82 Å². The third-order valence-corrected chi connectivity index (χ3v) is 4.86. The minimum absolute atomic E-state index is 0.235. The van der Waals surface area contributed by atoms with Crippen LogP contribution < -0.4 is 10.6 Å². The van der Waals surface area contributed by atoms with E-state index in [9.17, 15) is 9.18 Å². The van der Waals surface area contributed by atoms with E-state index in [0.717, 1.165) is 31.4 Å². The quantitative estimate of drug-likeness (QED) is 0.897. The normalized spacial score (nSPS) is 22.8. The molecule has 1 amide bonds. The van der Waals surface area contributed by atoms with Crippen LogP contribution in [0.2, 0.25) is 0 Å². The highest BCUT2D eigenvalue weighted by Crippen LogP contribution is 2.21. The number of halogens is 1. The molecule has 25 heavy (non-hydrogen) atoms. The molecule has 1 aromatic carbocycles. The molecule has 1 aromatic heterocycles. The van der Waals surface area contributed by atoms with Gasteiger partial charge in [0.2, 0.25) is 0 Å². The number of carbonyl (C=O) groups excluding carboxylic acids is 1. The molecule has 6 heteroatoms. The average Bonchev–Trinajstić information content (AvgIpc) is 2.95. The first-order chi connectivity index (χ1) is 12.2. The Bertz CT molecular complexity index is 752. The fraction of sp³-hybridized carbons (Fsp3) is 0.368. The summed E-state index contributed by atoms with van der Waals surface area (Å²) in [6.45, 7) is 2.98. The molecule has 5 nitrogen and oxygen atoms in total. The fourth-order valence-corrected chi connectivity index (χ4v) is 3.72. The van der Waals surface area contributed by atoms with Crippen LogP contribution in [0.25, 0.3) is 0 Å². The second kappa shape index (κ2) is 6.90. The molecule has 0 aliphatic carbocycles. The fourth-order valence-electron chi connectivity index (χ4n) is 3.72. The van der Waals surface area contributed by atoms with E-state index in [1.54, 1.807) is 6.07 Å². The van der Waals surface area contributed by atoms with Gasteiger partial charge in [0, 0.05) is 37.3 Å². The Labute approximate surface area is 146 Å². The summed E-state index contributed by atoms with van der Waals surface area (Å²) >= 11 is 0. The van der Waals surface area contributed by atoms with Crippen molar-refractivity contribution in [3.63, 3.8) is 0 Å². The molecule has 130 valence electrons. The largest absolute Gasteiger partial charge is 0.309 e. The number of fused-ring (bicyclic) bond motifs is 2. The maximum absolute atomic E-state index is 12.9. The Balaban J connectivity index is 1.42. The van der Waals surface area contributed by atoms with E-state index in [1.807, 2.05) is 12.1 Å². The monoisotopic (exact) mass is 340 g/mol. The van der Waals surface area contributed by atoms with Gasteiger partial charge in [0.05, 0.1) is 6.20 Å². The van der Waals surface area contributed by atoms with Crippen molar-refractivity contribution < 1.29 is 9.18 Å². The Hall–Kier alpha value is -2.31. The highest BCUT2D eigenvalue weighted by molar-refractivity contribution is 6.03. The maximum Gasteiger partial charge on any atom is 0.256 e. The molecule has 0 saturated carbocycles. The third kappa shape index (κ3) is 3.86. The number of pyridine rings is 1. The molecule has 2 aliphatic rings. The standard InChI is InChI=1S/C19H21FN4O/c20-15-4-7-18(21-9-15)23-19(25)14-3-1-2-13(8-14)10-24-11-16-5-6-17(12-24)22-16/h1-4,7-9,16-17,22H,5-6,10-12H2,(H,21,23,25)/t16-,17+. The molecular formula is C19H21FN4O. The molecule has 0 radical (unpaired) electrons. The first-order valence-corrected chi connectivity index (χ1v) is 8.66. The van der Waals surface area contributed by atoms with Crippen LogP contribution in [0.4, 0.5) is 10.2 Å². The van der Waals surface area contributed by atoms with E-state index in [-0.39, 0.29) is 5.91 Å². The lowest BCUT2D eigenvalue weighted by molar-refractivity contribution is 0.102. The SMILES string of the molecule is O=C(Nc1ccc(F)cn1)c1cccc(CN2C[C@H]3CC[C@@H](C2)N3)c1. The molecule has 2 saturated heterocycles. The number of hydrogen-bond acceptors (Lipinski definition) is 4. The van der Waals surface area contributed by atoms with Gasteiger partial charge in [-0.1, -0.05) is 12.1 Å². The Kier molecular flexibility index (Phi) is 4.46. The molecule has 4 rings (SSSR count). The van der Waals surface area contributed by atoms with Crippen LogP contribution >= 0.6 is 0 Å². The average molecular weight is 340 g/mol. The summed E-state index contributed by atoms with van der Waals surface area (Å²) < 4.78 is 12.9. The van der Waals surface area contributed by atoms with E-state index in [0.29, 0.717) is 23.5 Å². The molecular weight excluding hydrogens is 319 g/mol. The first kappa shape index (κ1) is 16.2. The van der Waals surface area contributed by atoms with Crippen molar-refractivity contribution in [1.29, 1.82) is 0 Å². The number of carbonyl (C=O) groups is 1. The highest BCUT2D eigenvalue weighted by Gasteiger charge is 2.31. The van der Waals surface area contributed by atoms with Crippen molar-refractivity contribution in [1.82, 2.24) is 15.2 Å². The van der Waals surface area contributed by atoms with Crippen LogP contribution in [0.1, 0.15) is 28.8 Å². The van der Waals surface area contributed by atoms with Gasteiger partial charge in [-0.15, -0.1) is 0 Å². The predicted octanol–water partition coefficient (Wildman–Crippen LogP) is 2.41. The molecule has 0 spiro atoms. The maximum atomic E-state index is 12.9. The minimum atomic E-state index is -0.426. The topological polar surface area (TPSA) is 57.3 Å². The van der Waals surface area contributed by atoms with Gasteiger partial charge in [0.1, 0.15) is 11.6 Å². The summed E-state index contributed by atoms with van der Waals surface area (Å²) in [5, 5.41) is 6.33. The van der Waals surface area contributed by atoms with Crippen LogP contribution in [0.3, 0.4) is 0 Å². The summed E-state index contributed by atoms with van der Waals surface area (Å²) in [4.78, 5) is 18.7. The number of nitrogens with zero attached hydrogens (tertiary/aromatic N) is 2. The molecule has 2 aromatic rings. The van der Waals surface area contributed by atoms with Crippen molar-refractivity contribution in [2.75, 3.05) is 18.4 Å². The summed E-state index contributed by atoms with van der Waals surface area (Å²) in [6.07, 6.45) is 3.60. The molecule has 2 bridgehead atoms. The van der Waals surface area contributed by atoms with Crippen molar-refractivity contribution in [3.8, 4) is 0 Å². The number of likely N-dealkylation sites (tertiary alicyclic amines) is 1. The first-order valence-electron chi connectivity index (χ1n) is 8.66. The van der Waals surface area contributed by atoms with Crippen molar-refractivity contribution >= 4 is 11.7 Å². The van der Waals surface area contributed by atoms with Crippen molar-refractivity contribution in [3.05, 3.63) is 59.5 Å². The second-order valence-electron chi connectivity index (χ2n) is 6.85. The van der Waals surface area contributed by atoms with Crippen LogP contribution in [0, 0.1) is 5.82 Å². The van der Waals surface area contributed by atoms with Crippen LogP contribution in [0.5, 0.6) is 0 Å². The molecule has 0 unspecified atom stereocenters. The Morgan fingerprint density at radius 1 is 1.24 bits per heavy atom. The second-order valence-corrected chi connectivity index (χ2v) is 6.85. The number of hydrogen-bond donors (Lipinski definition) is 2. The zero-order chi connectivity index (χ0) is 17.2. The highest BCUT2D eigenvalue weighted by atomic mass is 19.1.